The minimum absolute atomic E-state index is 0.000416. The number of rotatable bonds is 6. The zero-order valence-corrected chi connectivity index (χ0v) is 15.1. The molecule has 0 saturated heterocycles. The summed E-state index contributed by atoms with van der Waals surface area (Å²) in [5, 5.41) is 16.3. The Morgan fingerprint density at radius 1 is 1.19 bits per heavy atom. The van der Waals surface area contributed by atoms with Gasteiger partial charge in [-0.2, -0.15) is 5.26 Å². The lowest BCUT2D eigenvalue weighted by molar-refractivity contribution is -0.152. The summed E-state index contributed by atoms with van der Waals surface area (Å²) in [6.07, 6.45) is -0.991. The molecule has 8 heteroatoms. The number of nitriles is 1. The first-order valence-electron chi connectivity index (χ1n) is 7.73. The predicted octanol–water partition coefficient (Wildman–Crippen LogP) is 2.69. The Balaban J connectivity index is 1.87. The average Bonchev–Trinajstić information content (AvgIpc) is 3.03. The van der Waals surface area contributed by atoms with Crippen LogP contribution >= 0.6 is 11.3 Å². The standard InChI is InChI=1S/C18H17N3O4S/c1-11(17(24)21-18-14(10-19)7-8-26-18)25-16(23)9-13-3-5-15(6-4-13)20-12(2)22/h3-8,11H,9H2,1-2H3,(H,20,22)(H,21,24)/t11-/m1/s1. The van der Waals surface area contributed by atoms with Gasteiger partial charge in [0.15, 0.2) is 6.10 Å². The Morgan fingerprint density at radius 3 is 2.50 bits per heavy atom. The van der Waals surface area contributed by atoms with Gasteiger partial charge in [-0.1, -0.05) is 12.1 Å². The van der Waals surface area contributed by atoms with Crippen molar-refractivity contribution in [1.82, 2.24) is 0 Å². The zero-order valence-electron chi connectivity index (χ0n) is 14.2. The lowest BCUT2D eigenvalue weighted by Gasteiger charge is -2.13. The summed E-state index contributed by atoms with van der Waals surface area (Å²) in [6, 6.07) is 10.3. The maximum atomic E-state index is 12.1. The van der Waals surface area contributed by atoms with E-state index in [-0.39, 0.29) is 12.3 Å². The zero-order chi connectivity index (χ0) is 19.1. The van der Waals surface area contributed by atoms with Crippen molar-refractivity contribution in [2.75, 3.05) is 10.6 Å². The summed E-state index contributed by atoms with van der Waals surface area (Å²) in [7, 11) is 0. The molecule has 0 aliphatic rings. The number of hydrogen-bond acceptors (Lipinski definition) is 6. The highest BCUT2D eigenvalue weighted by Crippen LogP contribution is 2.22. The van der Waals surface area contributed by atoms with Crippen molar-refractivity contribution in [1.29, 1.82) is 5.26 Å². The van der Waals surface area contributed by atoms with E-state index in [0.29, 0.717) is 21.8 Å². The molecule has 1 heterocycles. The van der Waals surface area contributed by atoms with Gasteiger partial charge in [0, 0.05) is 12.6 Å². The van der Waals surface area contributed by atoms with Gasteiger partial charge in [-0.05, 0) is 36.1 Å². The quantitative estimate of drug-likeness (QED) is 0.759. The number of thiophene rings is 1. The second kappa shape index (κ2) is 8.78. The van der Waals surface area contributed by atoms with Crippen molar-refractivity contribution >= 4 is 39.8 Å². The first kappa shape index (κ1) is 19.1. The van der Waals surface area contributed by atoms with Crippen LogP contribution in [0.25, 0.3) is 0 Å². The van der Waals surface area contributed by atoms with Crippen LogP contribution in [0.4, 0.5) is 10.7 Å². The van der Waals surface area contributed by atoms with Crippen molar-refractivity contribution < 1.29 is 19.1 Å². The predicted molar refractivity (Wildman–Crippen MR) is 97.7 cm³/mol. The van der Waals surface area contributed by atoms with Crippen LogP contribution in [0, 0.1) is 11.3 Å². The van der Waals surface area contributed by atoms with Crippen LogP contribution in [0.5, 0.6) is 0 Å². The van der Waals surface area contributed by atoms with Crippen LogP contribution in [0.1, 0.15) is 25.0 Å². The SMILES string of the molecule is CC(=O)Nc1ccc(CC(=O)O[C@H](C)C(=O)Nc2sccc2C#N)cc1. The molecule has 26 heavy (non-hydrogen) atoms. The number of anilines is 2. The molecule has 0 aliphatic heterocycles. The largest absolute Gasteiger partial charge is 0.452 e. The van der Waals surface area contributed by atoms with Crippen LogP contribution in [0.2, 0.25) is 0 Å². The molecule has 1 atom stereocenters. The Labute approximate surface area is 154 Å². The molecule has 1 aromatic carbocycles. The van der Waals surface area contributed by atoms with Crippen molar-refractivity contribution in [2.24, 2.45) is 0 Å². The smallest absolute Gasteiger partial charge is 0.311 e. The number of nitrogens with zero attached hydrogens (tertiary/aromatic N) is 1. The van der Waals surface area contributed by atoms with E-state index in [1.807, 2.05) is 6.07 Å². The highest BCUT2D eigenvalue weighted by atomic mass is 32.1. The third kappa shape index (κ3) is 5.43. The molecule has 0 saturated carbocycles. The van der Waals surface area contributed by atoms with Crippen molar-refractivity contribution in [3.05, 3.63) is 46.8 Å². The van der Waals surface area contributed by atoms with Crippen molar-refractivity contribution in [2.45, 2.75) is 26.4 Å². The van der Waals surface area contributed by atoms with Gasteiger partial charge >= 0.3 is 5.97 Å². The molecule has 0 radical (unpaired) electrons. The van der Waals surface area contributed by atoms with E-state index in [4.69, 9.17) is 10.00 Å². The first-order valence-corrected chi connectivity index (χ1v) is 8.61. The fraction of sp³-hybridized carbons (Fsp3) is 0.222. The number of benzene rings is 1. The van der Waals surface area contributed by atoms with Crippen molar-refractivity contribution in [3.8, 4) is 6.07 Å². The van der Waals surface area contributed by atoms with Crippen LogP contribution in [-0.4, -0.2) is 23.9 Å². The van der Waals surface area contributed by atoms with Gasteiger partial charge < -0.3 is 15.4 Å². The number of carbonyl (C=O) groups is 3. The number of esters is 1. The number of nitrogens with one attached hydrogen (secondary N) is 2. The molecule has 1 aromatic heterocycles. The minimum atomic E-state index is -0.991. The summed E-state index contributed by atoms with van der Waals surface area (Å²) in [5.41, 5.74) is 1.69. The molecule has 2 amide bonds. The number of carbonyl (C=O) groups excluding carboxylic acids is 3. The van der Waals surface area contributed by atoms with Crippen molar-refractivity contribution in [3.63, 3.8) is 0 Å². The Morgan fingerprint density at radius 2 is 1.88 bits per heavy atom. The summed E-state index contributed by atoms with van der Waals surface area (Å²) in [4.78, 5) is 35.1. The molecule has 2 aromatic rings. The van der Waals surface area contributed by atoms with Gasteiger partial charge in [-0.3, -0.25) is 14.4 Å². The highest BCUT2D eigenvalue weighted by Gasteiger charge is 2.19. The minimum Gasteiger partial charge on any atom is -0.452 e. The molecule has 0 fully saturated rings. The maximum absolute atomic E-state index is 12.1. The second-order valence-corrected chi connectivity index (χ2v) is 6.37. The third-order valence-corrected chi connectivity index (χ3v) is 4.15. The van der Waals surface area contributed by atoms with E-state index >= 15 is 0 Å². The van der Waals surface area contributed by atoms with Gasteiger partial charge in [-0.15, -0.1) is 11.3 Å². The van der Waals surface area contributed by atoms with E-state index < -0.39 is 18.0 Å². The summed E-state index contributed by atoms with van der Waals surface area (Å²) >= 11 is 1.22. The van der Waals surface area contributed by atoms with Gasteiger partial charge in [0.25, 0.3) is 5.91 Å². The molecule has 0 bridgehead atoms. The Hall–Kier alpha value is -3.18. The van der Waals surface area contributed by atoms with Gasteiger partial charge in [0.05, 0.1) is 12.0 Å². The van der Waals surface area contributed by atoms with E-state index in [9.17, 15) is 14.4 Å². The van der Waals surface area contributed by atoms with Crippen LogP contribution in [-0.2, 0) is 25.5 Å². The van der Waals surface area contributed by atoms with Gasteiger partial charge in [0.2, 0.25) is 5.91 Å². The molecular formula is C18H17N3O4S. The summed E-state index contributed by atoms with van der Waals surface area (Å²) < 4.78 is 5.13. The number of ether oxygens (including phenoxy) is 1. The highest BCUT2D eigenvalue weighted by molar-refractivity contribution is 7.14. The molecule has 0 unspecified atom stereocenters. The maximum Gasteiger partial charge on any atom is 0.311 e. The number of hydrogen-bond donors (Lipinski definition) is 2. The van der Waals surface area contributed by atoms with Gasteiger partial charge in [-0.25, -0.2) is 0 Å². The number of amides is 2. The second-order valence-electron chi connectivity index (χ2n) is 5.45. The Kier molecular flexibility index (Phi) is 6.47. The monoisotopic (exact) mass is 371 g/mol. The fourth-order valence-electron chi connectivity index (χ4n) is 2.08. The van der Waals surface area contributed by atoms with E-state index in [1.54, 1.807) is 35.7 Å². The van der Waals surface area contributed by atoms with Crippen LogP contribution in [0.3, 0.4) is 0 Å². The fourth-order valence-corrected chi connectivity index (χ4v) is 2.82. The summed E-state index contributed by atoms with van der Waals surface area (Å²) in [5.74, 6) is -1.23. The molecular weight excluding hydrogens is 354 g/mol. The molecule has 2 N–H and O–H groups in total. The third-order valence-electron chi connectivity index (χ3n) is 3.32. The molecule has 2 rings (SSSR count). The molecule has 134 valence electrons. The van der Waals surface area contributed by atoms with Gasteiger partial charge in [0.1, 0.15) is 11.1 Å². The molecule has 0 spiro atoms. The lowest BCUT2D eigenvalue weighted by atomic mass is 10.1. The van der Waals surface area contributed by atoms with E-state index in [1.165, 1.54) is 25.2 Å². The van der Waals surface area contributed by atoms with E-state index in [2.05, 4.69) is 10.6 Å². The Bertz CT molecular complexity index is 852. The molecule has 7 nitrogen and oxygen atoms in total. The normalized spacial score (nSPS) is 11.1. The first-order chi connectivity index (χ1) is 12.4. The summed E-state index contributed by atoms with van der Waals surface area (Å²) in [6.45, 7) is 2.88. The van der Waals surface area contributed by atoms with Crippen LogP contribution in [0.15, 0.2) is 35.7 Å². The lowest BCUT2D eigenvalue weighted by Crippen LogP contribution is -2.30. The van der Waals surface area contributed by atoms with Crippen LogP contribution < -0.4 is 10.6 Å². The van der Waals surface area contributed by atoms with E-state index in [0.717, 1.165) is 0 Å². The topological polar surface area (TPSA) is 108 Å². The average molecular weight is 371 g/mol. The molecule has 0 aliphatic carbocycles.